The lowest BCUT2D eigenvalue weighted by atomic mass is 10.0. The number of nitrogens with one attached hydrogen (secondary N) is 1. The number of hydrogen-bond donors (Lipinski definition) is 1. The largest absolute Gasteiger partial charge is 0.469 e. The first-order valence-electron chi connectivity index (χ1n) is 5.80. The third-order valence-electron chi connectivity index (χ3n) is 2.73. The van der Waals surface area contributed by atoms with Crippen molar-refractivity contribution in [2.75, 3.05) is 6.54 Å². The van der Waals surface area contributed by atoms with Crippen LogP contribution in [-0.2, 0) is 6.42 Å². The van der Waals surface area contributed by atoms with Crippen molar-refractivity contribution in [1.29, 1.82) is 0 Å². The SMILES string of the molecule is CCNC(c1ccoc1CC)c1sccc1Br. The van der Waals surface area contributed by atoms with E-state index in [0.717, 1.165) is 23.2 Å². The zero-order chi connectivity index (χ0) is 12.3. The second kappa shape index (κ2) is 5.85. The Kier molecular flexibility index (Phi) is 4.42. The van der Waals surface area contributed by atoms with E-state index < -0.39 is 0 Å². The standard InChI is InChI=1S/C13H16BrNOS/c1-3-11-9(5-7-16-11)12(15-4-2)13-10(14)6-8-17-13/h5-8,12,15H,3-4H2,1-2H3. The second-order valence-electron chi connectivity index (χ2n) is 3.78. The normalized spacial score (nSPS) is 12.9. The summed E-state index contributed by atoms with van der Waals surface area (Å²) in [5.41, 5.74) is 1.25. The summed E-state index contributed by atoms with van der Waals surface area (Å²) >= 11 is 5.37. The van der Waals surface area contributed by atoms with E-state index in [9.17, 15) is 0 Å². The van der Waals surface area contributed by atoms with E-state index in [1.165, 1.54) is 10.4 Å². The van der Waals surface area contributed by atoms with Crippen LogP contribution >= 0.6 is 27.3 Å². The average Bonchev–Trinajstić information content (AvgIpc) is 2.94. The molecule has 17 heavy (non-hydrogen) atoms. The molecule has 0 aliphatic heterocycles. The predicted octanol–water partition coefficient (Wildman–Crippen LogP) is 4.36. The van der Waals surface area contributed by atoms with Crippen LogP contribution in [0.25, 0.3) is 0 Å². The summed E-state index contributed by atoms with van der Waals surface area (Å²) < 4.78 is 6.69. The summed E-state index contributed by atoms with van der Waals surface area (Å²) in [4.78, 5) is 1.31. The summed E-state index contributed by atoms with van der Waals surface area (Å²) in [6, 6.07) is 4.39. The zero-order valence-corrected chi connectivity index (χ0v) is 12.4. The fourth-order valence-electron chi connectivity index (χ4n) is 1.95. The van der Waals surface area contributed by atoms with Crippen LogP contribution in [0, 0.1) is 0 Å². The maximum absolute atomic E-state index is 5.53. The average molecular weight is 314 g/mol. The van der Waals surface area contributed by atoms with Crippen LogP contribution in [0.5, 0.6) is 0 Å². The molecule has 0 fully saturated rings. The molecule has 0 spiro atoms. The maximum Gasteiger partial charge on any atom is 0.108 e. The minimum Gasteiger partial charge on any atom is -0.469 e. The summed E-state index contributed by atoms with van der Waals surface area (Å²) in [7, 11) is 0. The topological polar surface area (TPSA) is 25.2 Å². The molecule has 0 radical (unpaired) electrons. The zero-order valence-electron chi connectivity index (χ0n) is 10.00. The third-order valence-corrected chi connectivity index (χ3v) is 4.66. The maximum atomic E-state index is 5.53. The van der Waals surface area contributed by atoms with Gasteiger partial charge in [0.1, 0.15) is 5.76 Å². The number of hydrogen-bond acceptors (Lipinski definition) is 3. The van der Waals surface area contributed by atoms with Crippen molar-refractivity contribution >= 4 is 27.3 Å². The molecule has 2 nitrogen and oxygen atoms in total. The Hall–Kier alpha value is -0.580. The van der Waals surface area contributed by atoms with E-state index in [2.05, 4.69) is 52.6 Å². The van der Waals surface area contributed by atoms with Gasteiger partial charge in [-0.25, -0.2) is 0 Å². The van der Waals surface area contributed by atoms with E-state index in [-0.39, 0.29) is 6.04 Å². The Bertz CT molecular complexity index is 477. The minimum absolute atomic E-state index is 0.225. The first kappa shape index (κ1) is 12.9. The molecule has 92 valence electrons. The number of halogens is 1. The molecule has 0 amide bonds. The van der Waals surface area contributed by atoms with Gasteiger partial charge in [-0.15, -0.1) is 11.3 Å². The van der Waals surface area contributed by atoms with Crippen molar-refractivity contribution in [2.45, 2.75) is 26.3 Å². The van der Waals surface area contributed by atoms with E-state index in [0.29, 0.717) is 0 Å². The first-order valence-corrected chi connectivity index (χ1v) is 7.47. The fourth-order valence-corrected chi connectivity index (χ4v) is 3.65. The summed E-state index contributed by atoms with van der Waals surface area (Å²) in [5, 5.41) is 5.63. The van der Waals surface area contributed by atoms with E-state index >= 15 is 0 Å². The van der Waals surface area contributed by atoms with Crippen molar-refractivity contribution < 1.29 is 4.42 Å². The summed E-state index contributed by atoms with van der Waals surface area (Å²) in [6.45, 7) is 5.18. The molecule has 0 aliphatic rings. The van der Waals surface area contributed by atoms with Crippen molar-refractivity contribution in [3.05, 3.63) is 44.4 Å². The van der Waals surface area contributed by atoms with Crippen molar-refractivity contribution in [3.63, 3.8) is 0 Å². The fraction of sp³-hybridized carbons (Fsp3) is 0.385. The molecular formula is C13H16BrNOS. The lowest BCUT2D eigenvalue weighted by Crippen LogP contribution is -2.21. The van der Waals surface area contributed by atoms with Crippen LogP contribution in [-0.4, -0.2) is 6.54 Å². The molecule has 2 aromatic heterocycles. The predicted molar refractivity (Wildman–Crippen MR) is 75.6 cm³/mol. The molecule has 1 N–H and O–H groups in total. The first-order chi connectivity index (χ1) is 8.27. The van der Waals surface area contributed by atoms with Gasteiger partial charge in [-0.2, -0.15) is 0 Å². The molecule has 1 unspecified atom stereocenters. The van der Waals surface area contributed by atoms with Gasteiger partial charge < -0.3 is 9.73 Å². The second-order valence-corrected chi connectivity index (χ2v) is 5.58. The Morgan fingerprint density at radius 3 is 2.82 bits per heavy atom. The van der Waals surface area contributed by atoms with Crippen LogP contribution in [0.15, 0.2) is 32.7 Å². The Labute approximate surface area is 114 Å². The van der Waals surface area contributed by atoms with Crippen LogP contribution in [0.4, 0.5) is 0 Å². The third kappa shape index (κ3) is 2.64. The molecule has 0 saturated carbocycles. The highest BCUT2D eigenvalue weighted by molar-refractivity contribution is 9.10. The molecule has 1 atom stereocenters. The molecule has 0 saturated heterocycles. The monoisotopic (exact) mass is 313 g/mol. The van der Waals surface area contributed by atoms with Gasteiger partial charge in [0.05, 0.1) is 12.3 Å². The van der Waals surface area contributed by atoms with Crippen LogP contribution in [0.1, 0.15) is 36.1 Å². The number of furan rings is 1. The van der Waals surface area contributed by atoms with E-state index in [1.807, 2.05) is 0 Å². The molecule has 2 heterocycles. The Balaban J connectivity index is 2.39. The molecule has 0 aromatic carbocycles. The van der Waals surface area contributed by atoms with Crippen LogP contribution in [0.3, 0.4) is 0 Å². The Morgan fingerprint density at radius 2 is 2.24 bits per heavy atom. The van der Waals surface area contributed by atoms with Gasteiger partial charge in [0, 0.05) is 21.3 Å². The van der Waals surface area contributed by atoms with E-state index in [1.54, 1.807) is 17.6 Å². The van der Waals surface area contributed by atoms with Gasteiger partial charge in [-0.1, -0.05) is 13.8 Å². The summed E-state index contributed by atoms with van der Waals surface area (Å²) in [5.74, 6) is 1.07. The summed E-state index contributed by atoms with van der Waals surface area (Å²) in [6.07, 6.45) is 2.70. The number of thiophene rings is 1. The minimum atomic E-state index is 0.225. The van der Waals surface area contributed by atoms with Gasteiger partial charge in [0.2, 0.25) is 0 Å². The molecular weight excluding hydrogens is 298 g/mol. The van der Waals surface area contributed by atoms with Gasteiger partial charge >= 0.3 is 0 Å². The van der Waals surface area contributed by atoms with Crippen molar-refractivity contribution in [1.82, 2.24) is 5.32 Å². The van der Waals surface area contributed by atoms with Gasteiger partial charge in [0.25, 0.3) is 0 Å². The molecule has 0 aliphatic carbocycles. The smallest absolute Gasteiger partial charge is 0.108 e. The van der Waals surface area contributed by atoms with E-state index in [4.69, 9.17) is 4.42 Å². The molecule has 2 rings (SSSR count). The molecule has 0 bridgehead atoms. The number of aryl methyl sites for hydroxylation is 1. The van der Waals surface area contributed by atoms with Crippen molar-refractivity contribution in [3.8, 4) is 0 Å². The van der Waals surface area contributed by atoms with Gasteiger partial charge in [0.15, 0.2) is 0 Å². The highest BCUT2D eigenvalue weighted by atomic mass is 79.9. The highest BCUT2D eigenvalue weighted by Crippen LogP contribution is 2.35. The Morgan fingerprint density at radius 1 is 1.41 bits per heavy atom. The van der Waals surface area contributed by atoms with Crippen LogP contribution < -0.4 is 5.32 Å². The lowest BCUT2D eigenvalue weighted by Gasteiger charge is -2.17. The van der Waals surface area contributed by atoms with Crippen molar-refractivity contribution in [2.24, 2.45) is 0 Å². The number of rotatable bonds is 5. The van der Waals surface area contributed by atoms with Gasteiger partial charge in [-0.3, -0.25) is 0 Å². The lowest BCUT2D eigenvalue weighted by molar-refractivity contribution is 0.502. The highest BCUT2D eigenvalue weighted by Gasteiger charge is 2.21. The van der Waals surface area contributed by atoms with Gasteiger partial charge in [-0.05, 0) is 40.0 Å². The molecule has 4 heteroatoms. The molecule has 2 aromatic rings. The quantitative estimate of drug-likeness (QED) is 0.887. The van der Waals surface area contributed by atoms with Crippen LogP contribution in [0.2, 0.25) is 0 Å².